The maximum Gasteiger partial charge on any atom is 0.249 e. The van der Waals surface area contributed by atoms with Gasteiger partial charge in [0.1, 0.15) is 29.6 Å². The molecule has 5 rings (SSSR count). The minimum Gasteiger partial charge on any atom is -0.497 e. The van der Waals surface area contributed by atoms with Crippen molar-refractivity contribution in [1.29, 1.82) is 0 Å². The van der Waals surface area contributed by atoms with Gasteiger partial charge in [-0.1, -0.05) is 48.4 Å². The normalized spacial score (nSPS) is 14.3. The third-order valence-electron chi connectivity index (χ3n) is 6.95. The van der Waals surface area contributed by atoms with Crippen molar-refractivity contribution < 1.29 is 19.1 Å². The summed E-state index contributed by atoms with van der Waals surface area (Å²) < 4.78 is 12.6. The van der Waals surface area contributed by atoms with Crippen LogP contribution in [0, 0.1) is 0 Å². The Morgan fingerprint density at radius 3 is 2.47 bits per heavy atom. The number of carbonyl (C=O) groups is 2. The van der Waals surface area contributed by atoms with E-state index in [9.17, 15) is 9.59 Å². The molecule has 1 N–H and O–H groups in total. The van der Waals surface area contributed by atoms with E-state index in [0.717, 1.165) is 31.2 Å². The Balaban J connectivity index is 1.60. The predicted molar refractivity (Wildman–Crippen MR) is 144 cm³/mol. The fourth-order valence-corrected chi connectivity index (χ4v) is 5.06. The predicted octanol–water partition coefficient (Wildman–Crippen LogP) is 4.28. The highest BCUT2D eigenvalue weighted by atomic mass is 16.5. The van der Waals surface area contributed by atoms with Crippen molar-refractivity contribution in [2.45, 2.75) is 44.3 Å². The Labute approximate surface area is 221 Å². The van der Waals surface area contributed by atoms with Crippen molar-refractivity contribution >= 4 is 28.5 Å². The number of rotatable bonds is 9. The average Bonchev–Trinajstić information content (AvgIpc) is 3.62. The van der Waals surface area contributed by atoms with E-state index in [0.29, 0.717) is 28.3 Å². The molecule has 0 radical (unpaired) electrons. The number of anilines is 1. The second-order valence-corrected chi connectivity index (χ2v) is 9.34. The molecule has 0 spiro atoms. The van der Waals surface area contributed by atoms with Gasteiger partial charge in [0.05, 0.1) is 19.7 Å². The van der Waals surface area contributed by atoms with Crippen molar-refractivity contribution in [1.82, 2.24) is 20.3 Å². The lowest BCUT2D eigenvalue weighted by Crippen LogP contribution is -2.47. The molecule has 196 valence electrons. The molecule has 1 aliphatic carbocycles. The summed E-state index contributed by atoms with van der Waals surface area (Å²) in [6, 6.07) is 21.0. The van der Waals surface area contributed by atoms with Crippen LogP contribution >= 0.6 is 0 Å². The number of ether oxygens (including phenoxy) is 2. The second kappa shape index (κ2) is 11.3. The molecule has 2 amide bonds. The minimum atomic E-state index is -0.985. The zero-order chi connectivity index (χ0) is 26.5. The number of amides is 2. The number of nitrogens with zero attached hydrogens (tertiary/aromatic N) is 4. The van der Waals surface area contributed by atoms with Crippen LogP contribution in [0.2, 0.25) is 0 Å². The van der Waals surface area contributed by atoms with Gasteiger partial charge in [-0.2, -0.15) is 0 Å². The zero-order valence-corrected chi connectivity index (χ0v) is 21.5. The van der Waals surface area contributed by atoms with Gasteiger partial charge in [-0.05, 0) is 49.2 Å². The van der Waals surface area contributed by atoms with E-state index in [4.69, 9.17) is 9.47 Å². The summed E-state index contributed by atoms with van der Waals surface area (Å²) >= 11 is 0. The van der Waals surface area contributed by atoms with Crippen molar-refractivity contribution in [3.8, 4) is 11.5 Å². The summed E-state index contributed by atoms with van der Waals surface area (Å²) in [5, 5.41) is 11.6. The molecule has 0 saturated heterocycles. The van der Waals surface area contributed by atoms with E-state index >= 15 is 0 Å². The van der Waals surface area contributed by atoms with Gasteiger partial charge < -0.3 is 14.8 Å². The molecular weight excluding hydrogens is 482 g/mol. The monoisotopic (exact) mass is 513 g/mol. The van der Waals surface area contributed by atoms with Crippen molar-refractivity contribution in [3.63, 3.8) is 0 Å². The molecule has 3 aromatic carbocycles. The highest BCUT2D eigenvalue weighted by Gasteiger charge is 2.36. The maximum atomic E-state index is 14.1. The third kappa shape index (κ3) is 5.18. The SMILES string of the molecule is COc1ccc([C@H](C(=O)NC2CCCC2)N(C(=O)Cn2nnc3ccccc32)c2ccccc2)c(OC)c1. The van der Waals surface area contributed by atoms with E-state index < -0.39 is 6.04 Å². The van der Waals surface area contributed by atoms with E-state index in [2.05, 4.69) is 15.6 Å². The highest BCUT2D eigenvalue weighted by molar-refractivity contribution is 6.02. The van der Waals surface area contributed by atoms with E-state index in [-0.39, 0.29) is 24.4 Å². The van der Waals surface area contributed by atoms with Crippen LogP contribution in [0.4, 0.5) is 5.69 Å². The minimum absolute atomic E-state index is 0.0706. The van der Waals surface area contributed by atoms with Gasteiger partial charge >= 0.3 is 0 Å². The van der Waals surface area contributed by atoms with Crippen molar-refractivity contribution in [2.75, 3.05) is 19.1 Å². The fourth-order valence-electron chi connectivity index (χ4n) is 5.06. The molecular formula is C29H31N5O4. The smallest absolute Gasteiger partial charge is 0.249 e. The lowest BCUT2D eigenvalue weighted by Gasteiger charge is -2.33. The molecule has 0 aliphatic heterocycles. The highest BCUT2D eigenvalue weighted by Crippen LogP contribution is 2.36. The van der Waals surface area contributed by atoms with Crippen molar-refractivity contribution in [3.05, 3.63) is 78.4 Å². The number of aromatic nitrogens is 3. The van der Waals surface area contributed by atoms with Gasteiger partial charge in [-0.3, -0.25) is 14.5 Å². The quantitative estimate of drug-likeness (QED) is 0.359. The maximum absolute atomic E-state index is 14.1. The van der Waals surface area contributed by atoms with Gasteiger partial charge in [0.25, 0.3) is 0 Å². The molecule has 1 atom stereocenters. The largest absolute Gasteiger partial charge is 0.497 e. The molecule has 1 saturated carbocycles. The number of hydrogen-bond acceptors (Lipinski definition) is 6. The van der Waals surface area contributed by atoms with Gasteiger partial charge in [0.2, 0.25) is 11.8 Å². The van der Waals surface area contributed by atoms with E-state index in [1.807, 2.05) is 54.6 Å². The molecule has 9 heteroatoms. The summed E-state index contributed by atoms with van der Waals surface area (Å²) in [6.45, 7) is -0.0961. The fraction of sp³-hybridized carbons (Fsp3) is 0.310. The molecule has 0 unspecified atom stereocenters. The molecule has 1 aromatic heterocycles. The molecule has 1 heterocycles. The molecule has 9 nitrogen and oxygen atoms in total. The Morgan fingerprint density at radius 2 is 1.74 bits per heavy atom. The first-order chi connectivity index (χ1) is 18.6. The van der Waals surface area contributed by atoms with Gasteiger partial charge in [-0.25, -0.2) is 4.68 Å². The number of benzene rings is 3. The topological polar surface area (TPSA) is 98.6 Å². The van der Waals surface area contributed by atoms with E-state index in [1.165, 1.54) is 4.90 Å². The lowest BCUT2D eigenvalue weighted by atomic mass is 10.0. The second-order valence-electron chi connectivity index (χ2n) is 9.34. The Morgan fingerprint density at radius 1 is 1.00 bits per heavy atom. The van der Waals surface area contributed by atoms with Crippen LogP contribution in [0.25, 0.3) is 11.0 Å². The number of carbonyl (C=O) groups excluding carboxylic acids is 2. The van der Waals surface area contributed by atoms with Crippen LogP contribution in [0.15, 0.2) is 72.8 Å². The molecule has 4 aromatic rings. The number of methoxy groups -OCH3 is 2. The summed E-state index contributed by atoms with van der Waals surface area (Å²) in [5.41, 5.74) is 2.58. The molecule has 0 bridgehead atoms. The summed E-state index contributed by atoms with van der Waals surface area (Å²) in [6.07, 6.45) is 3.98. The van der Waals surface area contributed by atoms with Gasteiger partial charge in [0, 0.05) is 23.4 Å². The lowest BCUT2D eigenvalue weighted by molar-refractivity contribution is -0.127. The summed E-state index contributed by atoms with van der Waals surface area (Å²) in [7, 11) is 3.11. The van der Waals surface area contributed by atoms with Crippen LogP contribution in [0.3, 0.4) is 0 Å². The Hall–Kier alpha value is -4.40. The first-order valence-electron chi connectivity index (χ1n) is 12.8. The summed E-state index contributed by atoms with van der Waals surface area (Å²) in [4.78, 5) is 29.7. The third-order valence-corrected chi connectivity index (χ3v) is 6.95. The standard InChI is InChI=1S/C29H31N5O4/c1-37-22-16-17-23(26(18-22)38-2)28(29(36)30-20-10-6-7-11-20)34(21-12-4-3-5-13-21)27(35)19-33-25-15-9-8-14-24(25)31-32-33/h3-5,8-9,12-18,20,28H,6-7,10-11,19H2,1-2H3,(H,30,36)/t28-/m1/s1. The first-order valence-corrected chi connectivity index (χ1v) is 12.8. The van der Waals surface area contributed by atoms with Crippen LogP contribution in [-0.2, 0) is 16.1 Å². The van der Waals surface area contributed by atoms with Crippen LogP contribution in [0.5, 0.6) is 11.5 Å². The number of fused-ring (bicyclic) bond motifs is 1. The van der Waals surface area contributed by atoms with Gasteiger partial charge in [0.15, 0.2) is 0 Å². The number of para-hydroxylation sites is 2. The van der Waals surface area contributed by atoms with Gasteiger partial charge in [-0.15, -0.1) is 5.10 Å². The average molecular weight is 514 g/mol. The van der Waals surface area contributed by atoms with E-state index in [1.54, 1.807) is 37.1 Å². The van der Waals surface area contributed by atoms with Crippen LogP contribution < -0.4 is 19.7 Å². The number of nitrogens with one attached hydrogen (secondary N) is 1. The Bertz CT molecular complexity index is 1420. The van der Waals surface area contributed by atoms with Crippen LogP contribution in [-0.4, -0.2) is 47.1 Å². The molecule has 1 aliphatic rings. The first kappa shape index (κ1) is 25.3. The zero-order valence-electron chi connectivity index (χ0n) is 21.5. The molecule has 1 fully saturated rings. The molecule has 38 heavy (non-hydrogen) atoms. The summed E-state index contributed by atoms with van der Waals surface area (Å²) in [5.74, 6) is 0.473. The van der Waals surface area contributed by atoms with Crippen LogP contribution in [0.1, 0.15) is 37.3 Å². The van der Waals surface area contributed by atoms with Crippen molar-refractivity contribution in [2.24, 2.45) is 0 Å². The Kier molecular flexibility index (Phi) is 7.53. The number of hydrogen-bond donors (Lipinski definition) is 1.